The second kappa shape index (κ2) is 7.96. The lowest BCUT2D eigenvalue weighted by Crippen LogP contribution is -2.24. The monoisotopic (exact) mass is 429 g/mol. The van der Waals surface area contributed by atoms with Crippen LogP contribution in [-0.2, 0) is 23.1 Å². The highest BCUT2D eigenvalue weighted by Gasteiger charge is 2.22. The summed E-state index contributed by atoms with van der Waals surface area (Å²) >= 11 is 0. The Morgan fingerprint density at radius 3 is 2.56 bits per heavy atom. The molecular formula is C24H23N5O3. The van der Waals surface area contributed by atoms with Gasteiger partial charge in [0.05, 0.1) is 17.5 Å². The predicted octanol–water partition coefficient (Wildman–Crippen LogP) is 3.55. The maximum Gasteiger partial charge on any atom is 0.305 e. The minimum absolute atomic E-state index is 0.118. The number of hydrogen-bond acceptors (Lipinski definition) is 5. The van der Waals surface area contributed by atoms with Crippen LogP contribution in [0.4, 0.5) is 0 Å². The number of ether oxygens (including phenoxy) is 1. The highest BCUT2D eigenvalue weighted by atomic mass is 16.5. The Kier molecular flexibility index (Phi) is 4.97. The summed E-state index contributed by atoms with van der Waals surface area (Å²) in [6.07, 6.45) is 0.715. The molecule has 32 heavy (non-hydrogen) atoms. The highest BCUT2D eigenvalue weighted by Crippen LogP contribution is 2.29. The van der Waals surface area contributed by atoms with Gasteiger partial charge in [0.15, 0.2) is 11.3 Å². The molecule has 162 valence electrons. The molecule has 3 aromatic heterocycles. The number of benzene rings is 2. The quantitative estimate of drug-likeness (QED) is 0.386. The molecule has 0 aliphatic heterocycles. The summed E-state index contributed by atoms with van der Waals surface area (Å²) in [6.45, 7) is 2.48. The Balaban J connectivity index is 1.79. The largest absolute Gasteiger partial charge is 0.466 e. The molecule has 2 aromatic carbocycles. The molecule has 0 bridgehead atoms. The lowest BCUT2D eigenvalue weighted by atomic mass is 10.1. The predicted molar refractivity (Wildman–Crippen MR) is 123 cm³/mol. The Morgan fingerprint density at radius 1 is 1.03 bits per heavy atom. The molecule has 3 heterocycles. The number of rotatable bonds is 6. The van der Waals surface area contributed by atoms with Gasteiger partial charge in [-0.25, -0.2) is 0 Å². The molecule has 0 aliphatic rings. The summed E-state index contributed by atoms with van der Waals surface area (Å²) in [5, 5.41) is 10.4. The molecule has 0 saturated carbocycles. The number of para-hydroxylation sites is 1. The van der Waals surface area contributed by atoms with Gasteiger partial charge < -0.3 is 9.30 Å². The van der Waals surface area contributed by atoms with E-state index in [-0.39, 0.29) is 17.9 Å². The summed E-state index contributed by atoms with van der Waals surface area (Å²) in [5.74, 6) is -0.266. The summed E-state index contributed by atoms with van der Waals surface area (Å²) in [6, 6.07) is 17.5. The fraction of sp³-hybridized carbons (Fsp3) is 0.250. The van der Waals surface area contributed by atoms with Crippen molar-refractivity contribution in [3.8, 4) is 11.3 Å². The van der Waals surface area contributed by atoms with Crippen LogP contribution in [0.15, 0.2) is 59.4 Å². The molecule has 0 unspecified atom stereocenters. The molecule has 0 atom stereocenters. The summed E-state index contributed by atoms with van der Waals surface area (Å²) in [7, 11) is 1.93. The SMILES string of the molecule is CCOC(=O)CCCn1c(=O)c2c3ccccc3n(C)c2n2nnc(-c3ccccc3)c12. The molecule has 8 nitrogen and oxygen atoms in total. The zero-order valence-corrected chi connectivity index (χ0v) is 18.0. The van der Waals surface area contributed by atoms with Gasteiger partial charge in [-0.05, 0) is 19.4 Å². The van der Waals surface area contributed by atoms with Crippen molar-refractivity contribution in [3.63, 3.8) is 0 Å². The van der Waals surface area contributed by atoms with E-state index in [4.69, 9.17) is 4.74 Å². The van der Waals surface area contributed by atoms with Crippen molar-refractivity contribution in [1.29, 1.82) is 0 Å². The topological polar surface area (TPSA) is 83.4 Å². The number of esters is 1. The summed E-state index contributed by atoms with van der Waals surface area (Å²) in [4.78, 5) is 25.7. The van der Waals surface area contributed by atoms with Crippen LogP contribution < -0.4 is 5.56 Å². The third-order valence-electron chi connectivity index (χ3n) is 5.75. The van der Waals surface area contributed by atoms with Crippen LogP contribution in [0, 0.1) is 0 Å². The number of carbonyl (C=O) groups is 1. The Morgan fingerprint density at radius 2 is 1.78 bits per heavy atom. The zero-order chi connectivity index (χ0) is 22.2. The van der Waals surface area contributed by atoms with E-state index in [0.29, 0.717) is 41.9 Å². The molecule has 5 aromatic rings. The van der Waals surface area contributed by atoms with Gasteiger partial charge in [0.25, 0.3) is 5.56 Å². The third kappa shape index (κ3) is 3.07. The van der Waals surface area contributed by atoms with E-state index in [1.54, 1.807) is 16.0 Å². The van der Waals surface area contributed by atoms with Gasteiger partial charge in [0, 0.05) is 31.0 Å². The van der Waals surface area contributed by atoms with Gasteiger partial charge in [0.1, 0.15) is 5.69 Å². The number of aromatic nitrogens is 5. The Hall–Kier alpha value is -3.94. The van der Waals surface area contributed by atoms with E-state index in [2.05, 4.69) is 10.3 Å². The molecule has 5 rings (SSSR count). The summed E-state index contributed by atoms with van der Waals surface area (Å²) in [5.41, 5.74) is 3.64. The lowest BCUT2D eigenvalue weighted by molar-refractivity contribution is -0.143. The van der Waals surface area contributed by atoms with Gasteiger partial charge in [-0.3, -0.25) is 14.2 Å². The molecule has 0 amide bonds. The normalized spacial score (nSPS) is 11.6. The molecule has 0 spiro atoms. The van der Waals surface area contributed by atoms with Crippen LogP contribution in [0.1, 0.15) is 19.8 Å². The van der Waals surface area contributed by atoms with Crippen molar-refractivity contribution in [1.82, 2.24) is 24.0 Å². The second-order valence-corrected chi connectivity index (χ2v) is 7.68. The van der Waals surface area contributed by atoms with E-state index in [0.717, 1.165) is 16.5 Å². The third-order valence-corrected chi connectivity index (χ3v) is 5.75. The van der Waals surface area contributed by atoms with Gasteiger partial charge in [-0.2, -0.15) is 4.52 Å². The zero-order valence-electron chi connectivity index (χ0n) is 18.0. The van der Waals surface area contributed by atoms with E-state index < -0.39 is 0 Å². The fourth-order valence-corrected chi connectivity index (χ4v) is 4.34. The molecule has 0 aliphatic carbocycles. The van der Waals surface area contributed by atoms with Crippen LogP contribution in [-0.4, -0.2) is 36.5 Å². The van der Waals surface area contributed by atoms with Crippen molar-refractivity contribution >= 4 is 33.6 Å². The smallest absolute Gasteiger partial charge is 0.305 e. The van der Waals surface area contributed by atoms with Crippen LogP contribution in [0.2, 0.25) is 0 Å². The number of hydrogen-bond donors (Lipinski definition) is 0. The Labute approximate surface area is 183 Å². The maximum atomic E-state index is 13.8. The van der Waals surface area contributed by atoms with Crippen LogP contribution in [0.5, 0.6) is 0 Å². The summed E-state index contributed by atoms with van der Waals surface area (Å²) < 4.78 is 10.5. The molecular weight excluding hydrogens is 406 g/mol. The second-order valence-electron chi connectivity index (χ2n) is 7.68. The minimum atomic E-state index is -0.266. The number of aryl methyl sites for hydroxylation is 2. The molecule has 8 heteroatoms. The lowest BCUT2D eigenvalue weighted by Gasteiger charge is -2.11. The van der Waals surface area contributed by atoms with Crippen molar-refractivity contribution < 1.29 is 9.53 Å². The molecule has 0 radical (unpaired) electrons. The first-order valence-corrected chi connectivity index (χ1v) is 10.7. The Bertz CT molecular complexity index is 1510. The van der Waals surface area contributed by atoms with Crippen molar-refractivity contribution in [2.45, 2.75) is 26.3 Å². The van der Waals surface area contributed by atoms with Crippen LogP contribution in [0.25, 0.3) is 38.8 Å². The van der Waals surface area contributed by atoms with Gasteiger partial charge in [-0.1, -0.05) is 53.7 Å². The van der Waals surface area contributed by atoms with Crippen molar-refractivity contribution in [2.75, 3.05) is 6.61 Å². The first-order valence-electron chi connectivity index (χ1n) is 10.7. The van der Waals surface area contributed by atoms with E-state index in [9.17, 15) is 9.59 Å². The maximum absolute atomic E-state index is 13.8. The average Bonchev–Trinajstić information content (AvgIpc) is 3.37. The highest BCUT2D eigenvalue weighted by molar-refractivity contribution is 6.07. The first-order chi connectivity index (χ1) is 15.6. The van der Waals surface area contributed by atoms with E-state index in [1.165, 1.54) is 0 Å². The minimum Gasteiger partial charge on any atom is -0.466 e. The average molecular weight is 429 g/mol. The van der Waals surface area contributed by atoms with E-state index in [1.807, 2.05) is 66.2 Å². The van der Waals surface area contributed by atoms with Gasteiger partial charge in [-0.15, -0.1) is 5.10 Å². The van der Waals surface area contributed by atoms with E-state index >= 15 is 0 Å². The number of nitrogens with zero attached hydrogens (tertiary/aromatic N) is 5. The molecule has 0 saturated heterocycles. The molecule has 0 N–H and O–H groups in total. The van der Waals surface area contributed by atoms with Crippen molar-refractivity contribution in [3.05, 3.63) is 65.0 Å². The number of fused-ring (bicyclic) bond motifs is 5. The van der Waals surface area contributed by atoms with Gasteiger partial charge >= 0.3 is 5.97 Å². The van der Waals surface area contributed by atoms with Gasteiger partial charge in [0.2, 0.25) is 0 Å². The van der Waals surface area contributed by atoms with Crippen LogP contribution in [0.3, 0.4) is 0 Å². The fourth-order valence-electron chi connectivity index (χ4n) is 4.34. The van der Waals surface area contributed by atoms with Crippen molar-refractivity contribution in [2.24, 2.45) is 7.05 Å². The number of carbonyl (C=O) groups excluding carboxylic acids is 1. The van der Waals surface area contributed by atoms with Crippen LogP contribution >= 0.6 is 0 Å². The molecule has 0 fully saturated rings. The first kappa shape index (κ1) is 20.0. The standard InChI is InChI=1S/C24H23N5O3/c1-3-32-19(30)14-9-15-28-23-21(16-10-5-4-6-11-16)25-26-29(23)22-20(24(28)31)17-12-7-8-13-18(17)27(22)2/h4-8,10-13H,3,9,14-15H2,1-2H3.